The van der Waals surface area contributed by atoms with Gasteiger partial charge in [0.25, 0.3) is 0 Å². The van der Waals surface area contributed by atoms with Crippen LogP contribution in [0.3, 0.4) is 0 Å². The maximum Gasteiger partial charge on any atom is 0.115 e. The largest absolute Gasteiger partial charge is 0.508 e. The van der Waals surface area contributed by atoms with Crippen molar-refractivity contribution in [3.63, 3.8) is 0 Å². The molecule has 1 saturated heterocycles. The van der Waals surface area contributed by atoms with E-state index in [4.69, 9.17) is 4.74 Å². The maximum atomic E-state index is 9.30. The normalized spacial score (nSPS) is 26.0. The average molecular weight is 235 g/mol. The molecule has 0 bridgehead atoms. The summed E-state index contributed by atoms with van der Waals surface area (Å²) < 4.78 is 5.56. The highest BCUT2D eigenvalue weighted by Crippen LogP contribution is 2.23. The smallest absolute Gasteiger partial charge is 0.115 e. The molecule has 17 heavy (non-hydrogen) atoms. The topological polar surface area (TPSA) is 41.5 Å². The molecule has 1 aromatic rings. The van der Waals surface area contributed by atoms with Gasteiger partial charge in [-0.3, -0.25) is 0 Å². The lowest BCUT2D eigenvalue weighted by atomic mass is 10.0. The Kier molecular flexibility index (Phi) is 4.02. The number of hydrogen-bond donors (Lipinski definition) is 2. The van der Waals surface area contributed by atoms with Crippen molar-refractivity contribution in [2.45, 2.75) is 44.9 Å². The summed E-state index contributed by atoms with van der Waals surface area (Å²) in [6, 6.07) is 8.23. The molecule has 1 heterocycles. The molecule has 94 valence electrons. The van der Waals surface area contributed by atoms with Gasteiger partial charge in [-0.05, 0) is 37.5 Å². The molecule has 1 aliphatic heterocycles. The molecule has 2 N–H and O–H groups in total. The van der Waals surface area contributed by atoms with Crippen LogP contribution in [0.2, 0.25) is 0 Å². The van der Waals surface area contributed by atoms with Gasteiger partial charge in [0, 0.05) is 18.7 Å². The van der Waals surface area contributed by atoms with Gasteiger partial charge in [0.1, 0.15) is 5.75 Å². The van der Waals surface area contributed by atoms with Gasteiger partial charge < -0.3 is 15.2 Å². The van der Waals surface area contributed by atoms with Gasteiger partial charge >= 0.3 is 0 Å². The van der Waals surface area contributed by atoms with Gasteiger partial charge in [-0.1, -0.05) is 19.1 Å². The molecule has 1 aromatic carbocycles. The highest BCUT2D eigenvalue weighted by molar-refractivity contribution is 5.28. The predicted molar refractivity (Wildman–Crippen MR) is 68.1 cm³/mol. The molecule has 3 nitrogen and oxygen atoms in total. The van der Waals surface area contributed by atoms with Crippen molar-refractivity contribution in [1.82, 2.24) is 5.32 Å². The van der Waals surface area contributed by atoms with Crippen LogP contribution in [0.5, 0.6) is 5.75 Å². The second kappa shape index (κ2) is 5.52. The summed E-state index contributed by atoms with van der Waals surface area (Å²) in [4.78, 5) is 0. The van der Waals surface area contributed by atoms with E-state index in [1.54, 1.807) is 12.1 Å². The van der Waals surface area contributed by atoms with E-state index in [0.29, 0.717) is 23.9 Å². The molecule has 0 saturated carbocycles. The van der Waals surface area contributed by atoms with Gasteiger partial charge in [0.05, 0.1) is 6.10 Å². The molecule has 1 aliphatic rings. The summed E-state index contributed by atoms with van der Waals surface area (Å²) in [7, 11) is 0. The van der Waals surface area contributed by atoms with E-state index in [-0.39, 0.29) is 0 Å². The second-order valence-electron chi connectivity index (χ2n) is 4.69. The number of aromatic hydroxyl groups is 1. The van der Waals surface area contributed by atoms with Crippen molar-refractivity contribution < 1.29 is 9.84 Å². The van der Waals surface area contributed by atoms with Gasteiger partial charge in [-0.25, -0.2) is 0 Å². The summed E-state index contributed by atoms with van der Waals surface area (Å²) in [5.41, 5.74) is 1.23. The van der Waals surface area contributed by atoms with Gasteiger partial charge in [0.15, 0.2) is 0 Å². The third kappa shape index (κ3) is 2.99. The molecular formula is C14H21NO2. The van der Waals surface area contributed by atoms with Crippen molar-refractivity contribution in [3.05, 3.63) is 29.8 Å². The number of rotatable bonds is 4. The Morgan fingerprint density at radius 2 is 2.12 bits per heavy atom. The summed E-state index contributed by atoms with van der Waals surface area (Å²) in [6.07, 6.45) is 2.41. The molecule has 0 spiro atoms. The van der Waals surface area contributed by atoms with Crippen LogP contribution in [0.1, 0.15) is 38.3 Å². The molecular weight excluding hydrogens is 214 g/mol. The highest BCUT2D eigenvalue weighted by atomic mass is 16.5. The number of phenolic OH excluding ortho intramolecular Hbond substituents is 1. The zero-order valence-corrected chi connectivity index (χ0v) is 10.5. The Hall–Kier alpha value is -1.06. The predicted octanol–water partition coefficient (Wildman–Crippen LogP) is 2.61. The van der Waals surface area contributed by atoms with Gasteiger partial charge in [-0.15, -0.1) is 0 Å². The first-order valence-electron chi connectivity index (χ1n) is 6.37. The molecule has 2 rings (SSSR count). The lowest BCUT2D eigenvalue weighted by Gasteiger charge is -2.24. The van der Waals surface area contributed by atoms with Crippen molar-refractivity contribution in [3.8, 4) is 5.75 Å². The zero-order chi connectivity index (χ0) is 12.3. The minimum absolute atomic E-state index is 0.293. The molecule has 0 amide bonds. The summed E-state index contributed by atoms with van der Waals surface area (Å²) in [5.74, 6) is 0.321. The number of ether oxygens (including phenoxy) is 1. The Morgan fingerprint density at radius 3 is 2.65 bits per heavy atom. The Labute approximate surface area is 103 Å². The Balaban J connectivity index is 2.03. The van der Waals surface area contributed by atoms with E-state index in [0.717, 1.165) is 19.4 Å². The van der Waals surface area contributed by atoms with E-state index < -0.39 is 0 Å². The van der Waals surface area contributed by atoms with Gasteiger partial charge in [0.2, 0.25) is 0 Å². The molecule has 1 fully saturated rings. The lowest BCUT2D eigenvalue weighted by Crippen LogP contribution is -2.37. The molecule has 0 radical (unpaired) electrons. The lowest BCUT2D eigenvalue weighted by molar-refractivity contribution is 0.110. The van der Waals surface area contributed by atoms with Crippen molar-refractivity contribution in [1.29, 1.82) is 0 Å². The third-order valence-electron chi connectivity index (χ3n) is 3.50. The molecule has 3 atom stereocenters. The SMILES string of the molecule is CCC(NC1CCOC1C)c1ccc(O)cc1. The Morgan fingerprint density at radius 1 is 1.41 bits per heavy atom. The third-order valence-corrected chi connectivity index (χ3v) is 3.50. The number of phenols is 1. The van der Waals surface area contributed by atoms with E-state index in [2.05, 4.69) is 19.2 Å². The van der Waals surface area contributed by atoms with Crippen LogP contribution in [-0.4, -0.2) is 23.9 Å². The highest BCUT2D eigenvalue weighted by Gasteiger charge is 2.26. The number of nitrogens with one attached hydrogen (secondary N) is 1. The fraction of sp³-hybridized carbons (Fsp3) is 0.571. The first kappa shape index (κ1) is 12.4. The minimum Gasteiger partial charge on any atom is -0.508 e. The fourth-order valence-corrected chi connectivity index (χ4v) is 2.37. The molecule has 3 unspecified atom stereocenters. The van der Waals surface area contributed by atoms with Crippen LogP contribution in [0.4, 0.5) is 0 Å². The van der Waals surface area contributed by atoms with Crippen LogP contribution in [0.15, 0.2) is 24.3 Å². The maximum absolute atomic E-state index is 9.30. The first-order chi connectivity index (χ1) is 8.20. The average Bonchev–Trinajstić information content (AvgIpc) is 2.73. The van der Waals surface area contributed by atoms with E-state index in [1.807, 2.05) is 12.1 Å². The van der Waals surface area contributed by atoms with E-state index in [9.17, 15) is 5.11 Å². The number of benzene rings is 1. The Bertz CT molecular complexity index is 350. The quantitative estimate of drug-likeness (QED) is 0.843. The summed E-state index contributed by atoms with van der Waals surface area (Å²) >= 11 is 0. The van der Waals surface area contributed by atoms with Crippen LogP contribution < -0.4 is 5.32 Å². The monoisotopic (exact) mass is 235 g/mol. The zero-order valence-electron chi connectivity index (χ0n) is 10.5. The van der Waals surface area contributed by atoms with Crippen molar-refractivity contribution in [2.75, 3.05) is 6.61 Å². The molecule has 3 heteroatoms. The van der Waals surface area contributed by atoms with Gasteiger partial charge in [-0.2, -0.15) is 0 Å². The van der Waals surface area contributed by atoms with Crippen LogP contribution in [-0.2, 0) is 4.74 Å². The number of hydrogen-bond acceptors (Lipinski definition) is 3. The van der Waals surface area contributed by atoms with E-state index in [1.165, 1.54) is 5.56 Å². The molecule has 0 aliphatic carbocycles. The van der Waals surface area contributed by atoms with Crippen LogP contribution in [0.25, 0.3) is 0 Å². The van der Waals surface area contributed by atoms with Crippen molar-refractivity contribution >= 4 is 0 Å². The second-order valence-corrected chi connectivity index (χ2v) is 4.69. The summed E-state index contributed by atoms with van der Waals surface area (Å²) in [5, 5.41) is 12.9. The summed E-state index contributed by atoms with van der Waals surface area (Å²) in [6.45, 7) is 5.14. The van der Waals surface area contributed by atoms with Crippen LogP contribution >= 0.6 is 0 Å². The molecule has 0 aromatic heterocycles. The van der Waals surface area contributed by atoms with E-state index >= 15 is 0 Å². The fourth-order valence-electron chi connectivity index (χ4n) is 2.37. The minimum atomic E-state index is 0.293. The first-order valence-corrected chi connectivity index (χ1v) is 6.37. The van der Waals surface area contributed by atoms with Crippen molar-refractivity contribution in [2.24, 2.45) is 0 Å². The standard InChI is InChI=1S/C14H21NO2/c1-3-13(11-4-6-12(16)7-5-11)15-14-8-9-17-10(14)2/h4-7,10,13-16H,3,8-9H2,1-2H3. The van der Waals surface area contributed by atoms with Crippen LogP contribution in [0, 0.1) is 0 Å².